The Kier molecular flexibility index (Phi) is 7.78. The van der Waals surface area contributed by atoms with E-state index < -0.39 is 0 Å². The lowest BCUT2D eigenvalue weighted by Gasteiger charge is -2.27. The molecule has 3 nitrogen and oxygen atoms in total. The van der Waals surface area contributed by atoms with E-state index in [1.807, 2.05) is 23.5 Å². The molecule has 13 aromatic rings. The fraction of sp³-hybridized carbons (Fsp3) is 0. The van der Waals surface area contributed by atoms with Crippen LogP contribution in [0.5, 0.6) is 0 Å². The van der Waals surface area contributed by atoms with Crippen molar-refractivity contribution in [2.75, 3.05) is 4.90 Å². The molecule has 0 fully saturated rings. The zero-order valence-electron chi connectivity index (χ0n) is 33.4. The molecule has 0 spiro atoms. The number of hydrogen-bond acceptors (Lipinski definition) is 4. The molecule has 0 atom stereocenters. The molecule has 3 heterocycles. The van der Waals surface area contributed by atoms with Gasteiger partial charge in [-0.1, -0.05) is 164 Å². The van der Waals surface area contributed by atoms with Crippen molar-refractivity contribution in [1.82, 2.24) is 0 Å². The Bertz CT molecular complexity index is 3860. The van der Waals surface area contributed by atoms with Gasteiger partial charge in [0.2, 0.25) is 0 Å². The molecule has 0 radical (unpaired) electrons. The van der Waals surface area contributed by atoms with Gasteiger partial charge in [0.05, 0.1) is 21.5 Å². The lowest BCUT2D eigenvalue weighted by molar-refractivity contribution is 0.670. The number of anilines is 3. The Labute approximate surface area is 360 Å². The molecule has 290 valence electrons. The van der Waals surface area contributed by atoms with Gasteiger partial charge in [0.25, 0.3) is 0 Å². The third-order valence-electron chi connectivity index (χ3n) is 12.5. The molecule has 13 rings (SSSR count). The van der Waals surface area contributed by atoms with Gasteiger partial charge in [-0.15, -0.1) is 11.3 Å². The maximum atomic E-state index is 7.04. The van der Waals surface area contributed by atoms with E-state index in [2.05, 4.69) is 205 Å². The van der Waals surface area contributed by atoms with Gasteiger partial charge in [0.15, 0.2) is 0 Å². The molecular formula is C58H35NO2S. The van der Waals surface area contributed by atoms with Gasteiger partial charge in [-0.25, -0.2) is 0 Å². The second-order valence-electron chi connectivity index (χ2n) is 16.0. The van der Waals surface area contributed by atoms with E-state index in [4.69, 9.17) is 8.83 Å². The molecule has 0 aliphatic rings. The van der Waals surface area contributed by atoms with Crippen LogP contribution in [0.2, 0.25) is 0 Å². The van der Waals surface area contributed by atoms with Crippen LogP contribution in [-0.2, 0) is 0 Å². The van der Waals surface area contributed by atoms with E-state index >= 15 is 0 Å². The SMILES string of the molecule is c1ccc(-c2ccc(N(c3cccc4c3sc3ccccc34)c3cc(-c4ccc(-c5cccc6c5oc5ccccc56)cc4)cc4oc5c6ccccc6ccc5c34)cc2)cc1. The molecule has 0 amide bonds. The summed E-state index contributed by atoms with van der Waals surface area (Å²) in [6.45, 7) is 0. The number of para-hydroxylation sites is 2. The van der Waals surface area contributed by atoms with E-state index in [0.29, 0.717) is 0 Å². The van der Waals surface area contributed by atoms with Crippen LogP contribution in [0.1, 0.15) is 0 Å². The maximum absolute atomic E-state index is 7.04. The standard InChI is InChI=1S/C58H35NO2S/c1-2-12-36(13-3-1)37-28-31-42(32-29-37)59(50-21-11-20-48-46-17-7-9-23-54(46)62-58(48)50)51-34-41(35-53-55(51)49-33-30-39-14-4-5-15-43(39)57(49)61-53)38-24-26-40(27-25-38)44-18-10-19-47-45-16-6-8-22-52(45)60-56(44)47/h1-35H. The predicted molar refractivity (Wildman–Crippen MR) is 262 cm³/mol. The molecule has 3 aromatic heterocycles. The van der Waals surface area contributed by atoms with Gasteiger partial charge in [-0.05, 0) is 81.7 Å². The van der Waals surface area contributed by atoms with Crippen molar-refractivity contribution in [3.8, 4) is 33.4 Å². The van der Waals surface area contributed by atoms with Crippen LogP contribution in [0.25, 0.3) is 108 Å². The quantitative estimate of drug-likeness (QED) is 0.168. The first kappa shape index (κ1) is 34.9. The summed E-state index contributed by atoms with van der Waals surface area (Å²) < 4.78 is 16.0. The summed E-state index contributed by atoms with van der Waals surface area (Å²) in [7, 11) is 0. The summed E-state index contributed by atoms with van der Waals surface area (Å²) in [5.74, 6) is 0. The first-order valence-corrected chi connectivity index (χ1v) is 21.8. The lowest BCUT2D eigenvalue weighted by atomic mass is 9.96. The number of furan rings is 2. The average molecular weight is 810 g/mol. The van der Waals surface area contributed by atoms with Crippen LogP contribution in [0.15, 0.2) is 221 Å². The minimum absolute atomic E-state index is 0.842. The topological polar surface area (TPSA) is 29.5 Å². The van der Waals surface area contributed by atoms with E-state index in [0.717, 1.165) is 94.0 Å². The summed E-state index contributed by atoms with van der Waals surface area (Å²) in [5, 5.41) is 9.19. The lowest BCUT2D eigenvalue weighted by Crippen LogP contribution is -2.10. The minimum atomic E-state index is 0.842. The second-order valence-corrected chi connectivity index (χ2v) is 17.0. The highest BCUT2D eigenvalue weighted by molar-refractivity contribution is 7.26. The summed E-state index contributed by atoms with van der Waals surface area (Å²) in [4.78, 5) is 2.46. The second kappa shape index (κ2) is 13.8. The Morgan fingerprint density at radius 2 is 1.00 bits per heavy atom. The Morgan fingerprint density at radius 3 is 1.87 bits per heavy atom. The number of fused-ring (bicyclic) bond motifs is 11. The molecule has 0 bridgehead atoms. The van der Waals surface area contributed by atoms with Crippen LogP contribution in [-0.4, -0.2) is 0 Å². The van der Waals surface area contributed by atoms with Crippen LogP contribution in [0, 0.1) is 0 Å². The third kappa shape index (κ3) is 5.44. The van der Waals surface area contributed by atoms with Crippen molar-refractivity contribution in [2.24, 2.45) is 0 Å². The maximum Gasteiger partial charge on any atom is 0.143 e. The number of rotatable bonds is 6. The highest BCUT2D eigenvalue weighted by Gasteiger charge is 2.25. The molecule has 4 heteroatoms. The van der Waals surface area contributed by atoms with Crippen molar-refractivity contribution in [3.05, 3.63) is 212 Å². The van der Waals surface area contributed by atoms with Crippen molar-refractivity contribution >= 4 is 103 Å². The van der Waals surface area contributed by atoms with Crippen molar-refractivity contribution in [3.63, 3.8) is 0 Å². The van der Waals surface area contributed by atoms with Gasteiger partial charge in [0, 0.05) is 48.3 Å². The van der Waals surface area contributed by atoms with Crippen molar-refractivity contribution in [2.45, 2.75) is 0 Å². The van der Waals surface area contributed by atoms with Gasteiger partial charge < -0.3 is 13.7 Å². The monoisotopic (exact) mass is 809 g/mol. The number of hydrogen-bond donors (Lipinski definition) is 0. The fourth-order valence-corrected chi connectivity index (χ4v) is 10.7. The Hall–Kier alpha value is -7.92. The van der Waals surface area contributed by atoms with Crippen LogP contribution in [0.3, 0.4) is 0 Å². The van der Waals surface area contributed by atoms with Gasteiger partial charge in [0.1, 0.15) is 22.3 Å². The summed E-state index contributed by atoms with van der Waals surface area (Å²) in [5.41, 5.74) is 13.5. The van der Waals surface area contributed by atoms with E-state index in [1.165, 1.54) is 31.3 Å². The smallest absolute Gasteiger partial charge is 0.143 e. The first-order valence-electron chi connectivity index (χ1n) is 21.0. The number of benzene rings is 10. The summed E-state index contributed by atoms with van der Waals surface area (Å²) in [6.07, 6.45) is 0. The van der Waals surface area contributed by atoms with E-state index in [-0.39, 0.29) is 0 Å². The third-order valence-corrected chi connectivity index (χ3v) is 13.7. The molecule has 10 aromatic carbocycles. The fourth-order valence-electron chi connectivity index (χ4n) is 9.52. The molecule has 0 unspecified atom stereocenters. The summed E-state index contributed by atoms with van der Waals surface area (Å²) >= 11 is 1.85. The number of thiophene rings is 1. The number of nitrogens with zero attached hydrogens (tertiary/aromatic N) is 1. The molecule has 0 N–H and O–H groups in total. The highest BCUT2D eigenvalue weighted by Crippen LogP contribution is 2.50. The van der Waals surface area contributed by atoms with Crippen LogP contribution >= 0.6 is 11.3 Å². The zero-order valence-corrected chi connectivity index (χ0v) is 34.2. The van der Waals surface area contributed by atoms with Crippen molar-refractivity contribution < 1.29 is 8.83 Å². The Morgan fingerprint density at radius 1 is 0.355 bits per heavy atom. The van der Waals surface area contributed by atoms with E-state index in [9.17, 15) is 0 Å². The molecular weight excluding hydrogens is 775 g/mol. The van der Waals surface area contributed by atoms with Gasteiger partial charge in [-0.3, -0.25) is 0 Å². The highest BCUT2D eigenvalue weighted by atomic mass is 32.1. The zero-order chi connectivity index (χ0) is 40.7. The average Bonchev–Trinajstić information content (AvgIpc) is 4.04. The largest absolute Gasteiger partial charge is 0.455 e. The van der Waals surface area contributed by atoms with Gasteiger partial charge in [-0.2, -0.15) is 0 Å². The Balaban J connectivity index is 1.06. The molecule has 0 saturated carbocycles. The first-order chi connectivity index (χ1) is 30.7. The van der Waals surface area contributed by atoms with Crippen LogP contribution in [0.4, 0.5) is 17.1 Å². The molecule has 62 heavy (non-hydrogen) atoms. The van der Waals surface area contributed by atoms with Crippen molar-refractivity contribution in [1.29, 1.82) is 0 Å². The molecule has 0 aliphatic carbocycles. The summed E-state index contributed by atoms with van der Waals surface area (Å²) in [6, 6.07) is 76.2. The molecule has 0 saturated heterocycles. The minimum Gasteiger partial charge on any atom is -0.455 e. The normalized spacial score (nSPS) is 11.9. The predicted octanol–water partition coefficient (Wildman–Crippen LogP) is 17.5. The molecule has 0 aliphatic heterocycles. The van der Waals surface area contributed by atoms with Gasteiger partial charge >= 0.3 is 0 Å². The van der Waals surface area contributed by atoms with E-state index in [1.54, 1.807) is 0 Å². The van der Waals surface area contributed by atoms with Crippen LogP contribution < -0.4 is 4.90 Å².